The van der Waals surface area contributed by atoms with E-state index in [-0.39, 0.29) is 5.69 Å². The molecule has 10 heteroatoms. The minimum absolute atomic E-state index is 0.0543. The second-order valence-electron chi connectivity index (χ2n) is 2.90. The number of alkyl halides is 3. The maximum absolute atomic E-state index is 12.2. The molecule has 0 fully saturated rings. The van der Waals surface area contributed by atoms with E-state index in [1.165, 1.54) is 7.05 Å². The van der Waals surface area contributed by atoms with E-state index in [9.17, 15) is 21.6 Å². The average Bonchev–Trinajstić information content (AvgIpc) is 2.41. The Bertz CT molecular complexity index is 479. The molecule has 2 N–H and O–H groups in total. The molecule has 0 atom stereocenters. The van der Waals surface area contributed by atoms with E-state index in [1.54, 1.807) is 0 Å². The lowest BCUT2D eigenvalue weighted by Crippen LogP contribution is -2.16. The third-order valence-corrected chi connectivity index (χ3v) is 2.08. The van der Waals surface area contributed by atoms with Crippen LogP contribution in [0.2, 0.25) is 0 Å². The smallest absolute Gasteiger partial charge is 0.270 e. The maximum Gasteiger partial charge on any atom is 0.435 e. The van der Waals surface area contributed by atoms with Crippen molar-refractivity contribution in [3.8, 4) is 0 Å². The van der Waals surface area contributed by atoms with Crippen molar-refractivity contribution in [1.82, 2.24) is 9.78 Å². The van der Waals surface area contributed by atoms with Gasteiger partial charge in [0.15, 0.2) is 5.69 Å². The highest BCUT2D eigenvalue weighted by Crippen LogP contribution is 2.28. The first-order chi connectivity index (χ1) is 7.09. The zero-order chi connectivity index (χ0) is 12.6. The van der Waals surface area contributed by atoms with E-state index < -0.39 is 28.8 Å². The molecule has 0 aliphatic heterocycles. The van der Waals surface area contributed by atoms with Gasteiger partial charge in [-0.05, 0) is 6.07 Å². The fraction of sp³-hybridized carbons (Fsp3) is 0.500. The summed E-state index contributed by atoms with van der Waals surface area (Å²) < 4.78 is 62.4. The Labute approximate surface area is 89.1 Å². The molecule has 0 bridgehead atoms. The van der Waals surface area contributed by atoms with Crippen molar-refractivity contribution in [2.75, 3.05) is 0 Å². The molecule has 0 amide bonds. The number of hydrogen-bond acceptors (Lipinski definition) is 4. The molecule has 0 aromatic carbocycles. The Morgan fingerprint density at radius 3 is 2.50 bits per heavy atom. The van der Waals surface area contributed by atoms with Gasteiger partial charge < -0.3 is 0 Å². The third kappa shape index (κ3) is 3.47. The van der Waals surface area contributed by atoms with Gasteiger partial charge in [0.2, 0.25) is 0 Å². The molecule has 1 aromatic rings. The van der Waals surface area contributed by atoms with E-state index in [4.69, 9.17) is 0 Å². The van der Waals surface area contributed by atoms with Gasteiger partial charge in [-0.3, -0.25) is 8.86 Å². The van der Waals surface area contributed by atoms with E-state index >= 15 is 0 Å². The van der Waals surface area contributed by atoms with Crippen LogP contribution in [0, 0.1) is 0 Å². The van der Waals surface area contributed by atoms with Gasteiger partial charge in [0.1, 0.15) is 6.61 Å². The molecule has 0 unspecified atom stereocenters. The molecule has 0 spiro atoms. The predicted octanol–water partition coefficient (Wildman–Crippen LogP) is 0.159. The van der Waals surface area contributed by atoms with Crippen molar-refractivity contribution < 1.29 is 25.8 Å². The Morgan fingerprint density at radius 2 is 2.12 bits per heavy atom. The van der Waals surface area contributed by atoms with Gasteiger partial charge in [0.25, 0.3) is 0 Å². The summed E-state index contributed by atoms with van der Waals surface area (Å²) in [5.74, 6) is 0. The Balaban J connectivity index is 2.87. The van der Waals surface area contributed by atoms with Crippen LogP contribution in [-0.4, -0.2) is 18.2 Å². The van der Waals surface area contributed by atoms with E-state index in [0.29, 0.717) is 6.07 Å². The number of aromatic nitrogens is 2. The second kappa shape index (κ2) is 4.03. The minimum atomic E-state index is -4.59. The fourth-order valence-corrected chi connectivity index (χ4v) is 1.21. The lowest BCUT2D eigenvalue weighted by molar-refractivity contribution is -0.141. The molecule has 1 aromatic heterocycles. The normalized spacial score (nSPS) is 13.1. The van der Waals surface area contributed by atoms with Crippen LogP contribution < -0.4 is 5.14 Å². The summed E-state index contributed by atoms with van der Waals surface area (Å²) in [6.07, 6.45) is -4.59. The van der Waals surface area contributed by atoms with Crippen molar-refractivity contribution in [1.29, 1.82) is 0 Å². The summed E-state index contributed by atoms with van der Waals surface area (Å²) in [5, 5.41) is 7.68. The Morgan fingerprint density at radius 1 is 1.56 bits per heavy atom. The molecule has 6 nitrogen and oxygen atoms in total. The molecule has 0 saturated heterocycles. The number of rotatable bonds is 3. The Hall–Kier alpha value is -1.13. The molecule has 16 heavy (non-hydrogen) atoms. The third-order valence-electron chi connectivity index (χ3n) is 1.64. The summed E-state index contributed by atoms with van der Waals surface area (Å²) in [4.78, 5) is 0. The highest BCUT2D eigenvalue weighted by molar-refractivity contribution is 7.84. The molecule has 1 heterocycles. The molecule has 0 radical (unpaired) electrons. The van der Waals surface area contributed by atoms with Crippen molar-refractivity contribution in [2.24, 2.45) is 12.2 Å². The summed E-state index contributed by atoms with van der Waals surface area (Å²) >= 11 is 0. The van der Waals surface area contributed by atoms with Crippen LogP contribution in [0.5, 0.6) is 0 Å². The summed E-state index contributed by atoms with van der Waals surface area (Å²) in [6.45, 7) is -0.599. The first-order valence-electron chi connectivity index (χ1n) is 3.87. The molecular formula is C6H8F3N3O3S. The maximum atomic E-state index is 12.2. The van der Waals surface area contributed by atoms with Crippen LogP contribution in [0.15, 0.2) is 6.07 Å². The van der Waals surface area contributed by atoms with Gasteiger partial charge in [-0.15, -0.1) is 0 Å². The topological polar surface area (TPSA) is 87.2 Å². The van der Waals surface area contributed by atoms with Crippen LogP contribution >= 0.6 is 0 Å². The van der Waals surface area contributed by atoms with Crippen molar-refractivity contribution in [2.45, 2.75) is 12.8 Å². The van der Waals surface area contributed by atoms with Gasteiger partial charge in [-0.2, -0.15) is 26.7 Å². The van der Waals surface area contributed by atoms with Gasteiger partial charge in [0, 0.05) is 7.05 Å². The number of nitrogens with two attached hydrogens (primary N) is 1. The molecule has 0 saturated carbocycles. The molecule has 92 valence electrons. The second-order valence-corrected chi connectivity index (χ2v) is 4.12. The predicted molar refractivity (Wildman–Crippen MR) is 46.1 cm³/mol. The Kier molecular flexibility index (Phi) is 3.26. The minimum Gasteiger partial charge on any atom is -0.270 e. The molecule has 1 rings (SSSR count). The van der Waals surface area contributed by atoms with Crippen LogP contribution in [0.25, 0.3) is 0 Å². The lowest BCUT2D eigenvalue weighted by atomic mass is 10.3. The van der Waals surface area contributed by atoms with E-state index in [0.717, 1.165) is 4.68 Å². The van der Waals surface area contributed by atoms with Crippen molar-refractivity contribution in [3.05, 3.63) is 17.5 Å². The number of hydrogen-bond donors (Lipinski definition) is 1. The highest BCUT2D eigenvalue weighted by atomic mass is 32.2. The highest BCUT2D eigenvalue weighted by Gasteiger charge is 2.34. The fourth-order valence-electron chi connectivity index (χ4n) is 0.922. The van der Waals surface area contributed by atoms with Gasteiger partial charge in [-0.1, -0.05) is 0 Å². The quantitative estimate of drug-likeness (QED) is 0.837. The molecule has 0 aliphatic carbocycles. The first-order valence-corrected chi connectivity index (χ1v) is 5.34. The largest absolute Gasteiger partial charge is 0.435 e. The molecular weight excluding hydrogens is 251 g/mol. The number of halogens is 3. The number of aryl methyl sites for hydroxylation is 1. The average molecular weight is 259 g/mol. The van der Waals surface area contributed by atoms with E-state index in [1.807, 2.05) is 0 Å². The standard InChI is InChI=1S/C6H8F3N3O3S/c1-12-4(3-15-16(10,13)14)2-5(11-12)6(7,8)9/h2H,3H2,1H3,(H2,10,13,14). The SMILES string of the molecule is Cn1nc(C(F)(F)F)cc1COS(N)(=O)=O. The zero-order valence-electron chi connectivity index (χ0n) is 8.02. The van der Waals surface area contributed by atoms with Crippen LogP contribution in [0.3, 0.4) is 0 Å². The molecule has 0 aliphatic rings. The van der Waals surface area contributed by atoms with Gasteiger partial charge in [-0.25, -0.2) is 5.14 Å². The van der Waals surface area contributed by atoms with Crippen molar-refractivity contribution >= 4 is 10.3 Å². The van der Waals surface area contributed by atoms with Crippen LogP contribution in [0.1, 0.15) is 11.4 Å². The van der Waals surface area contributed by atoms with E-state index in [2.05, 4.69) is 14.4 Å². The first kappa shape index (κ1) is 12.9. The summed E-state index contributed by atoms with van der Waals surface area (Å²) in [5.41, 5.74) is -1.18. The zero-order valence-corrected chi connectivity index (χ0v) is 8.84. The van der Waals surface area contributed by atoms with Gasteiger partial charge >= 0.3 is 16.5 Å². The van der Waals surface area contributed by atoms with Crippen molar-refractivity contribution in [3.63, 3.8) is 0 Å². The summed E-state index contributed by atoms with van der Waals surface area (Å²) in [7, 11) is -2.95. The lowest BCUT2D eigenvalue weighted by Gasteiger charge is -2.00. The van der Waals surface area contributed by atoms with Gasteiger partial charge in [0.05, 0.1) is 5.69 Å². The summed E-state index contributed by atoms with van der Waals surface area (Å²) in [6, 6.07) is 0.686. The van der Waals surface area contributed by atoms with Crippen LogP contribution in [-0.2, 0) is 34.3 Å². The monoisotopic (exact) mass is 259 g/mol. The van der Waals surface area contributed by atoms with Crippen LogP contribution in [0.4, 0.5) is 13.2 Å². The number of nitrogens with zero attached hydrogens (tertiary/aromatic N) is 2.